The Balaban J connectivity index is -0.000000168. The van der Waals surface area contributed by atoms with E-state index in [2.05, 4.69) is 10.6 Å². The third kappa shape index (κ3) is 43.1. The molecule has 0 aromatic heterocycles. The molecule has 0 fully saturated rings. The summed E-state index contributed by atoms with van der Waals surface area (Å²) in [7, 11) is 0. The molecule has 88 valence electrons. The molecule has 0 saturated heterocycles. The molecule has 0 radical (unpaired) electrons. The number of amides is 2. The van der Waals surface area contributed by atoms with Gasteiger partial charge in [-0.1, -0.05) is 13.8 Å². The molecule has 0 aromatic rings. The zero-order valence-corrected chi connectivity index (χ0v) is 9.89. The van der Waals surface area contributed by atoms with Crippen LogP contribution >= 0.6 is 0 Å². The van der Waals surface area contributed by atoms with Gasteiger partial charge >= 0.3 is 6.03 Å². The number of urea groups is 1. The first-order valence-electron chi connectivity index (χ1n) is 5.06. The summed E-state index contributed by atoms with van der Waals surface area (Å²) in [6, 6.07) is -0.0880. The lowest BCUT2D eigenvalue weighted by atomic mass is 10.7. The minimum atomic E-state index is -0.0880. The summed E-state index contributed by atoms with van der Waals surface area (Å²) in [5.74, 6) is 0. The fourth-order valence-corrected chi connectivity index (χ4v) is 0.384. The van der Waals surface area contributed by atoms with Crippen molar-refractivity contribution in [1.82, 2.24) is 10.6 Å². The highest BCUT2D eigenvalue weighted by molar-refractivity contribution is 5.73. The number of nitrogens with two attached hydrogens (primary N) is 2. The number of carbonyl (C=O) groups is 1. The van der Waals surface area contributed by atoms with Crippen molar-refractivity contribution in [3.63, 3.8) is 0 Å². The van der Waals surface area contributed by atoms with Gasteiger partial charge in [0, 0.05) is 13.1 Å². The minimum absolute atomic E-state index is 0.0880. The molecule has 14 heavy (non-hydrogen) atoms. The van der Waals surface area contributed by atoms with Gasteiger partial charge in [0.25, 0.3) is 0 Å². The van der Waals surface area contributed by atoms with Crippen LogP contribution in [0.1, 0.15) is 27.7 Å². The van der Waals surface area contributed by atoms with Crippen molar-refractivity contribution in [3.8, 4) is 0 Å². The van der Waals surface area contributed by atoms with Crippen molar-refractivity contribution in [3.05, 3.63) is 0 Å². The van der Waals surface area contributed by atoms with Crippen LogP contribution in [0.3, 0.4) is 0 Å². The molecule has 5 nitrogen and oxygen atoms in total. The minimum Gasteiger partial charge on any atom is -0.338 e. The largest absolute Gasteiger partial charge is 0.338 e. The Labute approximate surface area is 87.6 Å². The van der Waals surface area contributed by atoms with Crippen molar-refractivity contribution in [1.29, 1.82) is 0 Å². The summed E-state index contributed by atoms with van der Waals surface area (Å²) in [5, 5.41) is 5.19. The van der Waals surface area contributed by atoms with Gasteiger partial charge in [0.2, 0.25) is 0 Å². The van der Waals surface area contributed by atoms with Gasteiger partial charge in [-0.25, -0.2) is 4.79 Å². The van der Waals surface area contributed by atoms with Gasteiger partial charge < -0.3 is 22.1 Å². The van der Waals surface area contributed by atoms with Gasteiger partial charge in [0.05, 0.1) is 0 Å². The topological polar surface area (TPSA) is 93.2 Å². The number of hydrogen-bond acceptors (Lipinski definition) is 3. The van der Waals surface area contributed by atoms with E-state index >= 15 is 0 Å². The van der Waals surface area contributed by atoms with Crippen LogP contribution in [0.5, 0.6) is 0 Å². The van der Waals surface area contributed by atoms with Crippen LogP contribution in [0, 0.1) is 0 Å². The quantitative estimate of drug-likeness (QED) is 0.522. The second-order valence-corrected chi connectivity index (χ2v) is 2.21. The molecule has 0 rings (SSSR count). The Kier molecular flexibility index (Phi) is 30.7. The van der Waals surface area contributed by atoms with Gasteiger partial charge in [-0.15, -0.1) is 0 Å². The SMILES string of the molecule is CCN.CCN.CCNC(=O)NCC. The maximum absolute atomic E-state index is 10.4. The zero-order chi connectivity index (χ0) is 11.8. The van der Waals surface area contributed by atoms with Gasteiger partial charge in [-0.3, -0.25) is 0 Å². The standard InChI is InChI=1S/C5H12N2O.2C2H7N/c1-3-6-5(8)7-4-2;2*1-2-3/h3-4H2,1-2H3,(H2,6,7,8);2*2-3H2,1H3. The molecule has 0 saturated carbocycles. The van der Waals surface area contributed by atoms with E-state index in [1.165, 1.54) is 0 Å². The third-order valence-corrected chi connectivity index (χ3v) is 0.675. The highest BCUT2D eigenvalue weighted by atomic mass is 16.2. The Hall–Kier alpha value is -0.810. The maximum atomic E-state index is 10.4. The van der Waals surface area contributed by atoms with Crippen molar-refractivity contribution in [2.45, 2.75) is 27.7 Å². The summed E-state index contributed by atoms with van der Waals surface area (Å²) < 4.78 is 0. The summed E-state index contributed by atoms with van der Waals surface area (Å²) in [5.41, 5.74) is 9.69. The Bertz CT molecular complexity index is 88.8. The van der Waals surface area contributed by atoms with Crippen LogP contribution in [0.4, 0.5) is 4.79 Å². The van der Waals surface area contributed by atoms with Crippen molar-refractivity contribution in [2.24, 2.45) is 11.5 Å². The number of nitrogens with one attached hydrogen (secondary N) is 2. The molecule has 0 aliphatic heterocycles. The average Bonchev–Trinajstić information content (AvgIpc) is 2.07. The van der Waals surface area contributed by atoms with Gasteiger partial charge in [-0.05, 0) is 26.9 Å². The summed E-state index contributed by atoms with van der Waals surface area (Å²) in [6.07, 6.45) is 0. The van der Waals surface area contributed by atoms with Crippen molar-refractivity contribution in [2.75, 3.05) is 26.2 Å². The Morgan fingerprint density at radius 2 is 1.14 bits per heavy atom. The molecule has 2 amide bonds. The Morgan fingerprint density at radius 3 is 1.29 bits per heavy atom. The molecule has 0 aliphatic carbocycles. The highest BCUT2D eigenvalue weighted by Crippen LogP contribution is 1.60. The zero-order valence-electron chi connectivity index (χ0n) is 9.89. The number of carbonyl (C=O) groups excluding carboxylic acids is 1. The Morgan fingerprint density at radius 1 is 0.929 bits per heavy atom. The fraction of sp³-hybridized carbons (Fsp3) is 0.889. The lowest BCUT2D eigenvalue weighted by molar-refractivity contribution is 0.242. The summed E-state index contributed by atoms with van der Waals surface area (Å²) in [6.45, 7) is 10.4. The molecule has 0 heterocycles. The lowest BCUT2D eigenvalue weighted by Gasteiger charge is -1.99. The van der Waals surface area contributed by atoms with Crippen LogP contribution < -0.4 is 22.1 Å². The van der Waals surface area contributed by atoms with E-state index in [0.29, 0.717) is 13.1 Å². The molecule has 0 spiro atoms. The molecular weight excluding hydrogens is 180 g/mol. The molecule has 5 heteroatoms. The van der Waals surface area contributed by atoms with Crippen LogP contribution in [-0.2, 0) is 0 Å². The van der Waals surface area contributed by atoms with E-state index in [1.54, 1.807) is 0 Å². The van der Waals surface area contributed by atoms with E-state index < -0.39 is 0 Å². The molecule has 0 aromatic carbocycles. The van der Waals surface area contributed by atoms with Crippen LogP contribution in [0.2, 0.25) is 0 Å². The molecule has 0 atom stereocenters. The van der Waals surface area contributed by atoms with Crippen LogP contribution in [0.15, 0.2) is 0 Å². The van der Waals surface area contributed by atoms with Gasteiger partial charge in [-0.2, -0.15) is 0 Å². The molecular formula is C9H26N4O. The van der Waals surface area contributed by atoms with E-state index in [4.69, 9.17) is 11.5 Å². The predicted molar refractivity (Wildman–Crippen MR) is 62.2 cm³/mol. The first kappa shape index (κ1) is 18.9. The molecule has 0 aliphatic rings. The maximum Gasteiger partial charge on any atom is 0.314 e. The van der Waals surface area contributed by atoms with E-state index in [-0.39, 0.29) is 6.03 Å². The second kappa shape index (κ2) is 22.8. The first-order chi connectivity index (χ1) is 6.64. The highest BCUT2D eigenvalue weighted by Gasteiger charge is 1.89. The third-order valence-electron chi connectivity index (χ3n) is 0.675. The normalized spacial score (nSPS) is 7.29. The van der Waals surface area contributed by atoms with E-state index in [1.807, 2.05) is 27.7 Å². The number of hydrogen-bond donors (Lipinski definition) is 4. The van der Waals surface area contributed by atoms with Crippen molar-refractivity contribution < 1.29 is 4.79 Å². The second-order valence-electron chi connectivity index (χ2n) is 2.21. The van der Waals surface area contributed by atoms with Crippen LogP contribution in [-0.4, -0.2) is 32.2 Å². The van der Waals surface area contributed by atoms with Gasteiger partial charge in [0.1, 0.15) is 0 Å². The van der Waals surface area contributed by atoms with E-state index in [9.17, 15) is 4.79 Å². The predicted octanol–water partition coefficient (Wildman–Crippen LogP) is 0.255. The van der Waals surface area contributed by atoms with Crippen LogP contribution in [0.25, 0.3) is 0 Å². The molecule has 0 bridgehead atoms. The molecule has 0 unspecified atom stereocenters. The van der Waals surface area contributed by atoms with Crippen molar-refractivity contribution >= 4 is 6.03 Å². The van der Waals surface area contributed by atoms with Gasteiger partial charge in [0.15, 0.2) is 0 Å². The summed E-state index contributed by atoms with van der Waals surface area (Å²) in [4.78, 5) is 10.4. The fourth-order valence-electron chi connectivity index (χ4n) is 0.384. The molecule has 6 N–H and O–H groups in total. The lowest BCUT2D eigenvalue weighted by Crippen LogP contribution is -2.34. The monoisotopic (exact) mass is 206 g/mol. The summed E-state index contributed by atoms with van der Waals surface area (Å²) >= 11 is 0. The first-order valence-corrected chi connectivity index (χ1v) is 5.06. The average molecular weight is 206 g/mol. The number of rotatable bonds is 2. The van der Waals surface area contributed by atoms with E-state index in [0.717, 1.165) is 13.1 Å². The smallest absolute Gasteiger partial charge is 0.314 e.